The van der Waals surface area contributed by atoms with Crippen molar-refractivity contribution in [2.45, 2.75) is 62.7 Å². The van der Waals surface area contributed by atoms with Crippen molar-refractivity contribution in [1.29, 1.82) is 0 Å². The van der Waals surface area contributed by atoms with Gasteiger partial charge >= 0.3 is 18.3 Å². The van der Waals surface area contributed by atoms with Crippen LogP contribution in [0.1, 0.15) is 68.6 Å². The number of piperazine rings is 1. The highest BCUT2D eigenvalue weighted by Gasteiger charge is 2.40. The van der Waals surface area contributed by atoms with Crippen molar-refractivity contribution in [1.82, 2.24) is 69.4 Å². The summed E-state index contributed by atoms with van der Waals surface area (Å²) < 4.78 is 76.0. The van der Waals surface area contributed by atoms with E-state index in [2.05, 4.69) is 40.4 Å². The molecule has 0 bridgehead atoms. The highest BCUT2D eigenvalue weighted by molar-refractivity contribution is 6.32. The second-order valence-corrected chi connectivity index (χ2v) is 31.0. The fraction of sp³-hybridized carbons (Fsp3) is 0.244. The minimum Gasteiger partial charge on any atom is -0.491 e. The van der Waals surface area contributed by atoms with Gasteiger partial charge in [0, 0.05) is 123 Å². The van der Waals surface area contributed by atoms with Crippen molar-refractivity contribution in [3.63, 3.8) is 0 Å². The summed E-state index contributed by atoms with van der Waals surface area (Å²) in [6.45, 7) is 5.12. The zero-order valence-corrected chi connectivity index (χ0v) is 68.1. The number of aromatic nitrogens is 9. The normalized spacial score (nSPS) is 16.1. The molecule has 632 valence electrons. The summed E-state index contributed by atoms with van der Waals surface area (Å²) in [4.78, 5) is 73.7. The second kappa shape index (κ2) is 38.0. The third-order valence-electron chi connectivity index (χ3n) is 21.7. The van der Waals surface area contributed by atoms with Gasteiger partial charge in [0.15, 0.2) is 6.61 Å². The number of ether oxygens (including phenoxy) is 6. The number of carbonyl (C=O) groups excluding carboxylic acids is 4. The Morgan fingerprint density at radius 2 is 0.797 bits per heavy atom. The molecule has 1 fully saturated rings. The van der Waals surface area contributed by atoms with E-state index < -0.39 is 66.1 Å². The molecular formula is C90H82Cl3F3N14O13. The van der Waals surface area contributed by atoms with E-state index in [1.807, 2.05) is 91.0 Å². The van der Waals surface area contributed by atoms with Gasteiger partial charge in [-0.05, 0) is 216 Å². The van der Waals surface area contributed by atoms with E-state index in [0.717, 1.165) is 96.3 Å². The minimum absolute atomic E-state index is 0.0629. The van der Waals surface area contributed by atoms with Gasteiger partial charge < -0.3 is 63.6 Å². The molecule has 6 N–H and O–H groups in total. The van der Waals surface area contributed by atoms with Crippen LogP contribution in [0.15, 0.2) is 225 Å². The molecular weight excluding hydrogens is 1650 g/mol. The Morgan fingerprint density at radius 1 is 0.439 bits per heavy atom. The fourth-order valence-corrected chi connectivity index (χ4v) is 16.3. The quantitative estimate of drug-likeness (QED) is 0.0389. The Balaban J connectivity index is 0.000000137. The van der Waals surface area contributed by atoms with Gasteiger partial charge in [0.25, 0.3) is 5.91 Å². The van der Waals surface area contributed by atoms with Crippen LogP contribution in [0.25, 0.3) is 32.7 Å². The largest absolute Gasteiger partial charge is 0.491 e. The average molecular weight is 1730 g/mol. The number of benzene rings is 9. The van der Waals surface area contributed by atoms with Crippen LogP contribution in [0, 0.1) is 17.5 Å². The molecule has 4 amide bonds. The first-order valence-electron chi connectivity index (χ1n) is 39.7. The SMILES string of the molecule is O=C(COc1ccc(C2c3[nH]c4ccc(Cl)cc4c3CCN2C(=O)Oc2ccc(F)cc2)cc1)N1CCN(CCO)CC1.O=C(Oc1ccc(F)cc1)N1CCc2c([nH]c3ccc(Cl)cc23)C1c1ccc(OCC(O)Cn2ccnn2)cc1.O=C(Oc1ccc(F)cc1)N1CCc2c([nH]c3ccc(Cl)cc23)C1c1ccc(OCC(O)Cn2nccn2)cc1. The molecule has 33 heteroatoms. The number of carbonyl (C=O) groups is 4. The molecule has 5 atom stereocenters. The number of aliphatic hydroxyl groups is 3. The summed E-state index contributed by atoms with van der Waals surface area (Å²) in [5.41, 5.74) is 11.1. The van der Waals surface area contributed by atoms with Gasteiger partial charge in [-0.25, -0.2) is 32.2 Å². The maximum Gasteiger partial charge on any atom is 0.416 e. The molecule has 14 aromatic rings. The molecule has 5 unspecified atom stereocenters. The Kier molecular flexibility index (Phi) is 25.9. The topological polar surface area (TPSA) is 309 Å². The Labute approximate surface area is 717 Å². The number of β-amino-alcohol motifs (C(OH)–C–C–N with tert-alkyl or cyclic N) is 1. The zero-order chi connectivity index (χ0) is 85.2. The number of hydrogen-bond acceptors (Lipinski definition) is 18. The monoisotopic (exact) mass is 1730 g/mol. The molecule has 0 saturated carbocycles. The first kappa shape index (κ1) is 83.7. The van der Waals surface area contributed by atoms with Gasteiger partial charge in [-0.2, -0.15) is 15.0 Å². The van der Waals surface area contributed by atoms with Gasteiger partial charge in [-0.15, -0.1) is 5.10 Å². The Bertz CT molecular complexity index is 5760. The van der Waals surface area contributed by atoms with Gasteiger partial charge in [0.1, 0.15) is 95.5 Å². The third-order valence-corrected chi connectivity index (χ3v) is 22.4. The average Bonchev–Trinajstić information content (AvgIpc) is 1.70. The molecule has 0 aliphatic carbocycles. The first-order valence-corrected chi connectivity index (χ1v) is 40.9. The van der Waals surface area contributed by atoms with Crippen LogP contribution in [-0.2, 0) is 37.1 Å². The van der Waals surface area contributed by atoms with E-state index in [1.165, 1.54) is 82.3 Å². The van der Waals surface area contributed by atoms with Gasteiger partial charge in [-0.1, -0.05) is 76.4 Å². The predicted octanol–water partition coefficient (Wildman–Crippen LogP) is 14.9. The van der Waals surface area contributed by atoms with Crippen LogP contribution in [0.3, 0.4) is 0 Å². The van der Waals surface area contributed by atoms with Crippen LogP contribution in [0.2, 0.25) is 15.1 Å². The summed E-state index contributed by atoms with van der Waals surface area (Å²) in [5, 5.41) is 50.1. The molecule has 5 aromatic heterocycles. The van der Waals surface area contributed by atoms with Crippen LogP contribution < -0.4 is 28.4 Å². The van der Waals surface area contributed by atoms with Crippen molar-refractivity contribution >= 4 is 91.7 Å². The van der Waals surface area contributed by atoms with Crippen LogP contribution >= 0.6 is 34.8 Å². The highest BCUT2D eigenvalue weighted by Crippen LogP contribution is 2.44. The lowest BCUT2D eigenvalue weighted by Gasteiger charge is -2.35. The van der Waals surface area contributed by atoms with Crippen LogP contribution in [0.5, 0.6) is 34.5 Å². The maximum absolute atomic E-state index is 13.5. The Hall–Kier alpha value is -12.9. The molecule has 0 spiro atoms. The smallest absolute Gasteiger partial charge is 0.416 e. The molecule has 4 aliphatic rings. The number of H-pyrrole nitrogens is 3. The summed E-state index contributed by atoms with van der Waals surface area (Å²) in [7, 11) is 0. The molecule has 1 saturated heterocycles. The van der Waals surface area contributed by atoms with Crippen molar-refractivity contribution in [3.05, 3.63) is 308 Å². The fourth-order valence-electron chi connectivity index (χ4n) is 15.8. The van der Waals surface area contributed by atoms with E-state index in [-0.39, 0.29) is 62.7 Å². The Morgan fingerprint density at radius 3 is 1.15 bits per heavy atom. The van der Waals surface area contributed by atoms with Gasteiger partial charge in [0.05, 0.1) is 38.3 Å². The number of rotatable bonds is 21. The van der Waals surface area contributed by atoms with Gasteiger partial charge in [0.2, 0.25) is 0 Å². The summed E-state index contributed by atoms with van der Waals surface area (Å²) >= 11 is 18.9. The van der Waals surface area contributed by atoms with Crippen LogP contribution in [-0.4, -0.2) is 200 Å². The number of amides is 4. The third kappa shape index (κ3) is 19.8. The lowest BCUT2D eigenvalue weighted by atomic mass is 9.92. The number of nitrogens with one attached hydrogen (secondary N) is 3. The van der Waals surface area contributed by atoms with E-state index >= 15 is 0 Å². The second-order valence-electron chi connectivity index (χ2n) is 29.7. The maximum atomic E-state index is 13.5. The van der Waals surface area contributed by atoms with E-state index in [4.69, 9.17) is 68.3 Å². The summed E-state index contributed by atoms with van der Waals surface area (Å²) in [6, 6.07) is 53.7. The summed E-state index contributed by atoms with van der Waals surface area (Å²) in [6.07, 6.45) is 4.92. The van der Waals surface area contributed by atoms with E-state index in [9.17, 15) is 42.6 Å². The lowest BCUT2D eigenvalue weighted by molar-refractivity contribution is -0.135. The van der Waals surface area contributed by atoms with Gasteiger partial charge in [-0.3, -0.25) is 24.4 Å². The molecule has 18 rings (SSSR count). The molecule has 27 nitrogen and oxygen atoms in total. The molecule has 0 radical (unpaired) electrons. The number of halogens is 6. The van der Waals surface area contributed by atoms with E-state index in [1.54, 1.807) is 80.8 Å². The number of fused-ring (bicyclic) bond motifs is 9. The number of aromatic amines is 3. The number of hydrogen-bond donors (Lipinski definition) is 6. The van der Waals surface area contributed by atoms with Crippen molar-refractivity contribution in [2.75, 3.05) is 78.8 Å². The zero-order valence-electron chi connectivity index (χ0n) is 65.9. The van der Waals surface area contributed by atoms with Crippen molar-refractivity contribution < 1.29 is 76.1 Å². The molecule has 4 aliphatic heterocycles. The highest BCUT2D eigenvalue weighted by atomic mass is 35.5. The molecule has 123 heavy (non-hydrogen) atoms. The van der Waals surface area contributed by atoms with Crippen molar-refractivity contribution in [3.8, 4) is 34.5 Å². The van der Waals surface area contributed by atoms with Crippen LogP contribution in [0.4, 0.5) is 27.6 Å². The van der Waals surface area contributed by atoms with Crippen molar-refractivity contribution in [2.24, 2.45) is 0 Å². The minimum atomic E-state index is -0.789. The first-order chi connectivity index (χ1) is 59.8. The summed E-state index contributed by atoms with van der Waals surface area (Å²) in [5.74, 6) is 1.11. The molecule has 9 heterocycles. The van der Waals surface area contributed by atoms with E-state index in [0.29, 0.717) is 90.8 Å². The number of nitrogens with zero attached hydrogens (tertiary/aromatic N) is 11. The number of aliphatic hydroxyl groups excluding tert-OH is 3. The lowest BCUT2D eigenvalue weighted by Crippen LogP contribution is -2.50. The predicted molar refractivity (Wildman–Crippen MR) is 452 cm³/mol. The molecule has 9 aromatic carbocycles. The standard InChI is InChI=1S/C32H32ClFN4O5.2C29H25ClFN5O4/c33-22-3-10-28-27(19-22)26-11-12-38(32(41)43-25-8-4-23(34)5-9-25)31(30(26)35-28)21-1-6-24(7-2-21)42-20-29(40)37-15-13-36(14-16-37)17-18-39;30-19-3-10-26-25(15-19)24-11-14-35(29(38)40-23-8-4-20(31)5-9-23)28(27(24)34-26)18-1-6-22(7-2-18)39-17-21(37)16-36-32-12-13-33-36;30-19-3-10-26-25(15-19)24-11-13-36(29(38)40-23-8-4-20(31)5-9-23)28(27(24)33-26)18-1-6-22(7-2-18)39-17-21(37)16-35-14-12-32-34-35/h1-10,19,31,35,39H,11-18,20H2;1-10,12-13,15,21,28,34,37H,11,14,16-17H2;1-10,12,14-15,21,28,33,37H,11,13,16-17H2.